The van der Waals surface area contributed by atoms with E-state index >= 15 is 0 Å². The third kappa shape index (κ3) is 3.48. The minimum absolute atomic E-state index is 0.151. The molecule has 0 amide bonds. The van der Waals surface area contributed by atoms with Crippen molar-refractivity contribution in [2.24, 2.45) is 11.8 Å². The summed E-state index contributed by atoms with van der Waals surface area (Å²) in [5, 5.41) is 3.36. The zero-order valence-electron chi connectivity index (χ0n) is 12.5. The maximum Gasteiger partial charge on any atom is 0.0809 e. The second kappa shape index (κ2) is 6.38. The summed E-state index contributed by atoms with van der Waals surface area (Å²) >= 11 is 0. The van der Waals surface area contributed by atoms with Gasteiger partial charge in [0.15, 0.2) is 0 Å². The van der Waals surface area contributed by atoms with Gasteiger partial charge in [-0.15, -0.1) is 0 Å². The second-order valence-corrected chi connectivity index (χ2v) is 6.78. The van der Waals surface area contributed by atoms with Gasteiger partial charge in [-0.25, -0.2) is 0 Å². The van der Waals surface area contributed by atoms with Gasteiger partial charge in [-0.2, -0.15) is 0 Å². The highest BCUT2D eigenvalue weighted by Gasteiger charge is 2.36. The molecule has 106 valence electrons. The summed E-state index contributed by atoms with van der Waals surface area (Å²) < 4.78 is 6.62. The van der Waals surface area contributed by atoms with Crippen LogP contribution in [0.1, 0.15) is 65.2 Å². The quantitative estimate of drug-likeness (QED) is 0.824. The van der Waals surface area contributed by atoms with Crippen LogP contribution in [-0.4, -0.2) is 25.3 Å². The first-order chi connectivity index (χ1) is 8.65. The van der Waals surface area contributed by atoms with Crippen LogP contribution in [0.2, 0.25) is 0 Å². The first-order valence-electron chi connectivity index (χ1n) is 7.98. The van der Waals surface area contributed by atoms with Crippen LogP contribution in [-0.2, 0) is 4.74 Å². The van der Waals surface area contributed by atoms with Gasteiger partial charge in [-0.1, -0.05) is 33.1 Å². The van der Waals surface area contributed by atoms with Gasteiger partial charge in [-0.05, 0) is 51.0 Å². The van der Waals surface area contributed by atoms with E-state index in [1.165, 1.54) is 51.4 Å². The number of hydrogen-bond acceptors (Lipinski definition) is 2. The van der Waals surface area contributed by atoms with E-state index in [0.717, 1.165) is 18.4 Å². The predicted octanol–water partition coefficient (Wildman–Crippen LogP) is 3.75. The van der Waals surface area contributed by atoms with E-state index < -0.39 is 0 Å². The first-order valence-corrected chi connectivity index (χ1v) is 7.98. The summed E-state index contributed by atoms with van der Waals surface area (Å²) in [5.41, 5.74) is 0.151. The first kappa shape index (κ1) is 14.3. The van der Waals surface area contributed by atoms with E-state index in [0.29, 0.717) is 6.10 Å². The number of ether oxygens (including phenoxy) is 1. The largest absolute Gasteiger partial charge is 0.370 e. The van der Waals surface area contributed by atoms with Crippen molar-refractivity contribution in [2.45, 2.75) is 76.9 Å². The van der Waals surface area contributed by atoms with Crippen molar-refractivity contribution in [2.75, 3.05) is 13.6 Å². The summed E-state index contributed by atoms with van der Waals surface area (Å²) in [6.45, 7) is 5.82. The van der Waals surface area contributed by atoms with E-state index in [4.69, 9.17) is 4.74 Å². The highest BCUT2D eigenvalue weighted by Crippen LogP contribution is 2.37. The van der Waals surface area contributed by atoms with Crippen LogP contribution in [0.4, 0.5) is 0 Å². The van der Waals surface area contributed by atoms with Gasteiger partial charge >= 0.3 is 0 Å². The molecule has 2 saturated carbocycles. The van der Waals surface area contributed by atoms with E-state index in [9.17, 15) is 0 Å². The second-order valence-electron chi connectivity index (χ2n) is 6.78. The lowest BCUT2D eigenvalue weighted by molar-refractivity contribution is -0.130. The molecule has 0 spiro atoms. The molecule has 0 aromatic heterocycles. The lowest BCUT2D eigenvalue weighted by Gasteiger charge is -2.43. The van der Waals surface area contributed by atoms with E-state index in [1.54, 1.807) is 0 Å². The maximum absolute atomic E-state index is 6.62. The van der Waals surface area contributed by atoms with Gasteiger partial charge in [0.1, 0.15) is 0 Å². The summed E-state index contributed by atoms with van der Waals surface area (Å²) in [6.07, 6.45) is 11.0. The van der Waals surface area contributed by atoms with Gasteiger partial charge in [0.05, 0.1) is 11.7 Å². The van der Waals surface area contributed by atoms with Crippen molar-refractivity contribution in [3.05, 3.63) is 0 Å². The normalized spacial score (nSPS) is 36.5. The molecule has 2 fully saturated rings. The fraction of sp³-hybridized carbons (Fsp3) is 1.00. The molecular weight excluding hydrogens is 222 g/mol. The Kier molecular flexibility index (Phi) is 5.08. The summed E-state index contributed by atoms with van der Waals surface area (Å²) in [5.74, 6) is 1.72. The summed E-state index contributed by atoms with van der Waals surface area (Å²) in [4.78, 5) is 0. The lowest BCUT2D eigenvalue weighted by atomic mass is 9.79. The molecule has 0 heterocycles. The number of likely N-dealkylation sites (N-methyl/N-ethyl adjacent to an activating group) is 1. The molecule has 3 unspecified atom stereocenters. The standard InChI is InChI=1S/C16H31NO/c1-13-7-8-15(11-14(13)2)18-16(12-17-3)9-5-4-6-10-16/h13-15,17H,4-12H2,1-3H3. The average Bonchev–Trinajstić information content (AvgIpc) is 2.35. The van der Waals surface area contributed by atoms with Crippen molar-refractivity contribution in [1.82, 2.24) is 5.32 Å². The maximum atomic E-state index is 6.62. The Morgan fingerprint density at radius 1 is 1.06 bits per heavy atom. The molecule has 3 atom stereocenters. The highest BCUT2D eigenvalue weighted by molar-refractivity contribution is 4.89. The molecule has 2 aliphatic rings. The van der Waals surface area contributed by atoms with Crippen molar-refractivity contribution >= 4 is 0 Å². The molecule has 18 heavy (non-hydrogen) atoms. The number of nitrogens with one attached hydrogen (secondary N) is 1. The van der Waals surface area contributed by atoms with Crippen LogP contribution in [0.5, 0.6) is 0 Å². The minimum atomic E-state index is 0.151. The van der Waals surface area contributed by atoms with Gasteiger partial charge in [0.2, 0.25) is 0 Å². The highest BCUT2D eigenvalue weighted by atomic mass is 16.5. The van der Waals surface area contributed by atoms with Crippen LogP contribution in [0.25, 0.3) is 0 Å². The van der Waals surface area contributed by atoms with Gasteiger partial charge in [-0.3, -0.25) is 0 Å². The minimum Gasteiger partial charge on any atom is -0.370 e. The summed E-state index contributed by atoms with van der Waals surface area (Å²) in [7, 11) is 2.06. The lowest BCUT2D eigenvalue weighted by Crippen LogP contribution is -2.47. The smallest absolute Gasteiger partial charge is 0.0809 e. The third-order valence-corrected chi connectivity index (χ3v) is 5.23. The van der Waals surface area contributed by atoms with Crippen molar-refractivity contribution in [3.63, 3.8) is 0 Å². The summed E-state index contributed by atoms with van der Waals surface area (Å²) in [6, 6.07) is 0. The Hall–Kier alpha value is -0.0800. The topological polar surface area (TPSA) is 21.3 Å². The van der Waals surface area contributed by atoms with Crippen LogP contribution in [0.3, 0.4) is 0 Å². The van der Waals surface area contributed by atoms with E-state index in [-0.39, 0.29) is 5.60 Å². The fourth-order valence-corrected chi connectivity index (χ4v) is 3.81. The Balaban J connectivity index is 1.92. The molecular formula is C16H31NO. The zero-order valence-corrected chi connectivity index (χ0v) is 12.5. The zero-order chi connectivity index (χ0) is 13.0. The Labute approximate surface area is 113 Å². The monoisotopic (exact) mass is 253 g/mol. The van der Waals surface area contributed by atoms with E-state index in [2.05, 4.69) is 26.2 Å². The molecule has 0 bridgehead atoms. The Morgan fingerprint density at radius 3 is 2.39 bits per heavy atom. The molecule has 0 aromatic rings. The van der Waals surface area contributed by atoms with E-state index in [1.807, 2.05) is 0 Å². The molecule has 2 nitrogen and oxygen atoms in total. The SMILES string of the molecule is CNCC1(OC2CCC(C)C(C)C2)CCCCC1. The molecule has 2 aliphatic carbocycles. The van der Waals surface area contributed by atoms with Gasteiger partial charge < -0.3 is 10.1 Å². The number of hydrogen-bond donors (Lipinski definition) is 1. The third-order valence-electron chi connectivity index (χ3n) is 5.23. The molecule has 2 heteroatoms. The molecule has 0 aromatic carbocycles. The van der Waals surface area contributed by atoms with Crippen molar-refractivity contribution in [3.8, 4) is 0 Å². The van der Waals surface area contributed by atoms with Crippen molar-refractivity contribution < 1.29 is 4.74 Å². The Morgan fingerprint density at radius 2 is 1.78 bits per heavy atom. The number of rotatable bonds is 4. The van der Waals surface area contributed by atoms with Gasteiger partial charge in [0, 0.05) is 6.54 Å². The molecule has 0 radical (unpaired) electrons. The molecule has 2 rings (SSSR count). The average molecular weight is 253 g/mol. The molecule has 0 aliphatic heterocycles. The Bertz CT molecular complexity index is 242. The fourth-order valence-electron chi connectivity index (χ4n) is 3.81. The van der Waals surface area contributed by atoms with Crippen LogP contribution in [0, 0.1) is 11.8 Å². The van der Waals surface area contributed by atoms with Gasteiger partial charge in [0.25, 0.3) is 0 Å². The predicted molar refractivity (Wildman–Crippen MR) is 76.8 cm³/mol. The molecule has 1 N–H and O–H groups in total. The van der Waals surface area contributed by atoms with Crippen LogP contribution in [0.15, 0.2) is 0 Å². The van der Waals surface area contributed by atoms with Crippen molar-refractivity contribution in [1.29, 1.82) is 0 Å². The van der Waals surface area contributed by atoms with Crippen LogP contribution < -0.4 is 5.32 Å². The molecule has 0 saturated heterocycles. The van der Waals surface area contributed by atoms with Crippen LogP contribution >= 0.6 is 0 Å².